The van der Waals surface area contributed by atoms with Gasteiger partial charge in [0, 0.05) is 20.9 Å². The molecular weight excluding hydrogens is 179 g/mol. The Bertz CT molecular complexity index is 223. The Labute approximate surface area is 82.0 Å². The third-order valence-corrected chi connectivity index (χ3v) is 3.91. The van der Waals surface area contributed by atoms with Gasteiger partial charge < -0.3 is 4.52 Å². The molecule has 0 saturated heterocycles. The lowest BCUT2D eigenvalue weighted by molar-refractivity contribution is 0.377. The largest absolute Gasteiger partial charge is 0.359 e. The van der Waals surface area contributed by atoms with E-state index in [2.05, 4.69) is 44.2 Å². The van der Waals surface area contributed by atoms with Gasteiger partial charge in [-0.3, -0.25) is 0 Å². The summed E-state index contributed by atoms with van der Waals surface area (Å²) >= 11 is 0. The minimum Gasteiger partial charge on any atom is -0.359 e. The van der Waals surface area contributed by atoms with E-state index in [-0.39, 0.29) is 8.15 Å². The Morgan fingerprint density at radius 3 is 2.38 bits per heavy atom. The Morgan fingerprint density at radius 1 is 1.15 bits per heavy atom. The maximum Gasteiger partial charge on any atom is 0.0480 e. The van der Waals surface area contributed by atoms with E-state index in [0.717, 1.165) is 18.9 Å². The van der Waals surface area contributed by atoms with Crippen LogP contribution < -0.4 is 0 Å². The number of hydrogen-bond acceptors (Lipinski definition) is 1. The monoisotopic (exact) mass is 196 g/mol. The normalized spacial score (nSPS) is 12.8. The van der Waals surface area contributed by atoms with E-state index in [1.165, 1.54) is 5.56 Å². The fourth-order valence-corrected chi connectivity index (χ4v) is 2.70. The van der Waals surface area contributed by atoms with Crippen molar-refractivity contribution in [1.29, 1.82) is 0 Å². The van der Waals surface area contributed by atoms with Crippen molar-refractivity contribution in [2.75, 3.05) is 12.8 Å². The van der Waals surface area contributed by atoms with Crippen LogP contribution in [0.25, 0.3) is 0 Å². The van der Waals surface area contributed by atoms with Crippen LogP contribution in [0.1, 0.15) is 19.4 Å². The van der Waals surface area contributed by atoms with E-state index in [4.69, 9.17) is 4.52 Å². The first-order valence-electron chi connectivity index (χ1n) is 4.78. The molecule has 0 aromatic heterocycles. The molecule has 0 aliphatic rings. The molecule has 1 aromatic carbocycles. The quantitative estimate of drug-likeness (QED) is 0.653. The molecule has 0 N–H and O–H groups in total. The third-order valence-electron chi connectivity index (χ3n) is 1.87. The second kappa shape index (κ2) is 6.12. The van der Waals surface area contributed by atoms with Gasteiger partial charge in [0.1, 0.15) is 0 Å². The van der Waals surface area contributed by atoms with Crippen molar-refractivity contribution in [3.63, 3.8) is 0 Å². The highest BCUT2D eigenvalue weighted by molar-refractivity contribution is 7.51. The molecule has 0 bridgehead atoms. The van der Waals surface area contributed by atoms with Crippen LogP contribution in [0.3, 0.4) is 0 Å². The summed E-state index contributed by atoms with van der Waals surface area (Å²) in [5, 5.41) is 0. The summed E-state index contributed by atoms with van der Waals surface area (Å²) < 4.78 is 5.66. The Morgan fingerprint density at radius 2 is 1.85 bits per heavy atom. The highest BCUT2D eigenvalue weighted by Gasteiger charge is 2.05. The summed E-state index contributed by atoms with van der Waals surface area (Å²) in [6.45, 7) is 5.10. The Hall–Kier alpha value is -0.390. The molecule has 0 radical (unpaired) electrons. The molecule has 0 saturated carbocycles. The molecule has 13 heavy (non-hydrogen) atoms. The van der Waals surface area contributed by atoms with Crippen LogP contribution in [0, 0.1) is 0 Å². The van der Waals surface area contributed by atoms with Gasteiger partial charge in [0.2, 0.25) is 0 Å². The summed E-state index contributed by atoms with van der Waals surface area (Å²) in [4.78, 5) is 0. The van der Waals surface area contributed by atoms with E-state index in [9.17, 15) is 0 Å². The van der Waals surface area contributed by atoms with Gasteiger partial charge in [-0.15, -0.1) is 0 Å². The van der Waals surface area contributed by atoms with Crippen molar-refractivity contribution in [3.8, 4) is 0 Å². The molecule has 1 aromatic rings. The van der Waals surface area contributed by atoms with Gasteiger partial charge in [-0.1, -0.05) is 37.3 Å². The molecule has 1 rings (SSSR count). The average Bonchev–Trinajstić information content (AvgIpc) is 2.19. The number of rotatable bonds is 5. The molecule has 0 aliphatic heterocycles. The first-order chi connectivity index (χ1) is 6.36. The predicted molar refractivity (Wildman–Crippen MR) is 59.2 cm³/mol. The lowest BCUT2D eigenvalue weighted by Gasteiger charge is -2.14. The van der Waals surface area contributed by atoms with Crippen molar-refractivity contribution in [2.24, 2.45) is 0 Å². The van der Waals surface area contributed by atoms with Crippen molar-refractivity contribution in [2.45, 2.75) is 20.0 Å². The van der Waals surface area contributed by atoms with Crippen LogP contribution >= 0.6 is 8.15 Å². The predicted octanol–water partition coefficient (Wildman–Crippen LogP) is 3.64. The Balaban J connectivity index is 2.46. The van der Waals surface area contributed by atoms with Gasteiger partial charge in [0.15, 0.2) is 0 Å². The van der Waals surface area contributed by atoms with Crippen LogP contribution in [0.15, 0.2) is 30.3 Å². The maximum atomic E-state index is 5.66. The second-order valence-electron chi connectivity index (χ2n) is 2.86. The molecule has 0 amide bonds. The summed E-state index contributed by atoms with van der Waals surface area (Å²) in [5.41, 5.74) is 1.39. The fraction of sp³-hybridized carbons (Fsp3) is 0.455. The summed E-state index contributed by atoms with van der Waals surface area (Å²) in [5.74, 6) is 0. The molecule has 0 aliphatic carbocycles. The minimum absolute atomic E-state index is 0.235. The van der Waals surface area contributed by atoms with Gasteiger partial charge in [0.05, 0.1) is 0 Å². The summed E-state index contributed by atoms with van der Waals surface area (Å²) in [6, 6.07) is 10.6. The van der Waals surface area contributed by atoms with Crippen LogP contribution in [0.4, 0.5) is 0 Å². The SMILES string of the molecule is CCOP(CC)Cc1ccccc1. The molecule has 0 heterocycles. The third kappa shape index (κ3) is 3.89. The molecule has 0 fully saturated rings. The average molecular weight is 196 g/mol. The summed E-state index contributed by atoms with van der Waals surface area (Å²) in [6.07, 6.45) is 2.25. The molecule has 1 nitrogen and oxygen atoms in total. The van der Waals surface area contributed by atoms with Crippen LogP contribution in [-0.4, -0.2) is 12.8 Å². The van der Waals surface area contributed by atoms with E-state index in [1.807, 2.05) is 0 Å². The van der Waals surface area contributed by atoms with Crippen LogP contribution in [-0.2, 0) is 10.7 Å². The topological polar surface area (TPSA) is 9.23 Å². The van der Waals surface area contributed by atoms with Crippen molar-refractivity contribution < 1.29 is 4.52 Å². The zero-order valence-corrected chi connectivity index (χ0v) is 9.26. The zero-order valence-electron chi connectivity index (χ0n) is 8.36. The highest BCUT2D eigenvalue weighted by atomic mass is 31.1. The molecule has 72 valence electrons. The number of hydrogen-bond donors (Lipinski definition) is 0. The summed E-state index contributed by atoms with van der Waals surface area (Å²) in [7, 11) is -0.235. The smallest absolute Gasteiger partial charge is 0.0480 e. The highest BCUT2D eigenvalue weighted by Crippen LogP contribution is 2.39. The van der Waals surface area contributed by atoms with Crippen LogP contribution in [0.2, 0.25) is 0 Å². The fourth-order valence-electron chi connectivity index (χ4n) is 1.22. The maximum absolute atomic E-state index is 5.66. The molecule has 0 spiro atoms. The first kappa shape index (κ1) is 10.7. The van der Waals surface area contributed by atoms with Crippen LogP contribution in [0.5, 0.6) is 0 Å². The van der Waals surface area contributed by atoms with E-state index < -0.39 is 0 Å². The van der Waals surface area contributed by atoms with Gasteiger partial charge >= 0.3 is 0 Å². The molecule has 2 heteroatoms. The molecular formula is C11H17OP. The lowest BCUT2D eigenvalue weighted by atomic mass is 10.2. The van der Waals surface area contributed by atoms with Gasteiger partial charge in [-0.25, -0.2) is 0 Å². The van der Waals surface area contributed by atoms with E-state index in [0.29, 0.717) is 0 Å². The van der Waals surface area contributed by atoms with E-state index in [1.54, 1.807) is 0 Å². The van der Waals surface area contributed by atoms with Crippen molar-refractivity contribution in [1.82, 2.24) is 0 Å². The Kier molecular flexibility index (Phi) is 5.03. The van der Waals surface area contributed by atoms with E-state index >= 15 is 0 Å². The lowest BCUT2D eigenvalue weighted by Crippen LogP contribution is -1.91. The molecule has 1 atom stereocenters. The van der Waals surface area contributed by atoms with Gasteiger partial charge in [0.25, 0.3) is 0 Å². The molecule has 1 unspecified atom stereocenters. The first-order valence-corrected chi connectivity index (χ1v) is 6.41. The standard InChI is InChI=1S/C11H17OP/c1-3-12-13(4-2)10-11-8-6-5-7-9-11/h5-9H,3-4,10H2,1-2H3. The van der Waals surface area contributed by atoms with Crippen molar-refractivity contribution >= 4 is 8.15 Å². The van der Waals surface area contributed by atoms with Gasteiger partial charge in [-0.2, -0.15) is 0 Å². The van der Waals surface area contributed by atoms with Gasteiger partial charge in [-0.05, 0) is 18.6 Å². The minimum atomic E-state index is -0.235. The second-order valence-corrected chi connectivity index (χ2v) is 5.03. The number of benzene rings is 1. The zero-order chi connectivity index (χ0) is 9.52. The van der Waals surface area contributed by atoms with Crippen molar-refractivity contribution in [3.05, 3.63) is 35.9 Å².